The van der Waals surface area contributed by atoms with Crippen LogP contribution in [0.4, 0.5) is 0 Å². The van der Waals surface area contributed by atoms with Gasteiger partial charge in [-0.2, -0.15) is 0 Å². The molecule has 0 aromatic carbocycles. The Bertz CT molecular complexity index is 237. The van der Waals surface area contributed by atoms with Crippen molar-refractivity contribution in [3.63, 3.8) is 0 Å². The van der Waals surface area contributed by atoms with Crippen molar-refractivity contribution < 1.29 is 0 Å². The molecule has 0 saturated heterocycles. The molecule has 112 valence electrons. The fourth-order valence-corrected chi connectivity index (χ4v) is 3.60. The molecule has 2 fully saturated rings. The van der Waals surface area contributed by atoms with Crippen LogP contribution in [0, 0.1) is 11.8 Å². The van der Waals surface area contributed by atoms with Gasteiger partial charge in [0.05, 0.1) is 0 Å². The minimum absolute atomic E-state index is 0.798. The third-order valence-electron chi connectivity index (χ3n) is 4.81. The summed E-state index contributed by atoms with van der Waals surface area (Å²) in [6.45, 7) is 9.86. The van der Waals surface area contributed by atoms with Crippen molar-refractivity contribution in [1.82, 2.24) is 10.2 Å². The first-order chi connectivity index (χ1) is 9.33. The van der Waals surface area contributed by atoms with E-state index in [1.54, 1.807) is 0 Å². The summed E-state index contributed by atoms with van der Waals surface area (Å²) in [5.41, 5.74) is 0. The normalized spacial score (nSPS) is 27.9. The molecule has 0 amide bonds. The fourth-order valence-electron chi connectivity index (χ4n) is 3.60. The highest BCUT2D eigenvalue weighted by molar-refractivity contribution is 4.85. The molecule has 0 aromatic rings. The van der Waals surface area contributed by atoms with Gasteiger partial charge in [-0.3, -0.25) is 0 Å². The number of nitrogens with one attached hydrogen (secondary N) is 1. The Hall–Kier alpha value is -0.0800. The summed E-state index contributed by atoms with van der Waals surface area (Å²) in [6.07, 6.45) is 11.3. The van der Waals surface area contributed by atoms with Gasteiger partial charge in [0, 0.05) is 19.1 Å². The van der Waals surface area contributed by atoms with Crippen LogP contribution in [0.15, 0.2) is 0 Å². The molecular weight excluding hydrogens is 232 g/mol. The van der Waals surface area contributed by atoms with Gasteiger partial charge in [0.2, 0.25) is 0 Å². The first-order valence-corrected chi connectivity index (χ1v) is 8.79. The van der Waals surface area contributed by atoms with Gasteiger partial charge in [0.1, 0.15) is 0 Å². The Balaban J connectivity index is 1.80. The second-order valence-electron chi connectivity index (χ2n) is 6.81. The second kappa shape index (κ2) is 8.26. The lowest BCUT2D eigenvalue weighted by Gasteiger charge is -2.36. The third-order valence-corrected chi connectivity index (χ3v) is 4.81. The maximum absolute atomic E-state index is 3.81. The molecule has 2 heteroatoms. The Morgan fingerprint density at radius 3 is 2.42 bits per heavy atom. The number of nitrogens with zero attached hydrogens (tertiary/aromatic N) is 1. The van der Waals surface area contributed by atoms with Crippen LogP contribution >= 0.6 is 0 Å². The van der Waals surface area contributed by atoms with Gasteiger partial charge in [-0.25, -0.2) is 0 Å². The van der Waals surface area contributed by atoms with E-state index in [0.29, 0.717) is 0 Å². The molecule has 19 heavy (non-hydrogen) atoms. The summed E-state index contributed by atoms with van der Waals surface area (Å²) in [5.74, 6) is 1.95. The molecule has 2 unspecified atom stereocenters. The highest BCUT2D eigenvalue weighted by atomic mass is 15.1. The fraction of sp³-hybridized carbons (Fsp3) is 1.00. The van der Waals surface area contributed by atoms with Crippen LogP contribution in [0.3, 0.4) is 0 Å². The van der Waals surface area contributed by atoms with Gasteiger partial charge in [-0.15, -0.1) is 0 Å². The van der Waals surface area contributed by atoms with Gasteiger partial charge in [-0.1, -0.05) is 26.7 Å². The maximum atomic E-state index is 3.81. The van der Waals surface area contributed by atoms with E-state index >= 15 is 0 Å². The average Bonchev–Trinajstić information content (AvgIpc) is 3.22. The first-order valence-electron chi connectivity index (χ1n) is 8.79. The number of hydrogen-bond donors (Lipinski definition) is 1. The second-order valence-corrected chi connectivity index (χ2v) is 6.81. The zero-order valence-electron chi connectivity index (χ0n) is 13.2. The quantitative estimate of drug-likeness (QED) is 0.685. The average molecular weight is 266 g/mol. The Labute approximate surface area is 120 Å². The predicted molar refractivity (Wildman–Crippen MR) is 83.5 cm³/mol. The van der Waals surface area contributed by atoms with E-state index in [4.69, 9.17) is 0 Å². The van der Waals surface area contributed by atoms with Crippen molar-refractivity contribution in [2.45, 2.75) is 71.3 Å². The molecule has 2 atom stereocenters. The molecule has 0 aliphatic heterocycles. The molecule has 2 aliphatic rings. The summed E-state index contributed by atoms with van der Waals surface area (Å²) < 4.78 is 0. The van der Waals surface area contributed by atoms with Crippen LogP contribution in [-0.4, -0.2) is 37.1 Å². The largest absolute Gasteiger partial charge is 0.314 e. The third kappa shape index (κ3) is 5.43. The molecule has 1 N–H and O–H groups in total. The zero-order valence-corrected chi connectivity index (χ0v) is 13.2. The lowest BCUT2D eigenvalue weighted by molar-refractivity contribution is 0.163. The molecule has 2 aliphatic carbocycles. The van der Waals surface area contributed by atoms with E-state index in [-0.39, 0.29) is 0 Å². The molecule has 2 saturated carbocycles. The Morgan fingerprint density at radius 2 is 1.74 bits per heavy atom. The molecular formula is C17H34N2. The first kappa shape index (κ1) is 15.3. The highest BCUT2D eigenvalue weighted by Crippen LogP contribution is 2.31. The SMILES string of the molecule is CCCNC1CCCCC1CN(CCC)CC1CC1. The standard InChI is InChI=1S/C17H34N2/c1-3-11-18-17-8-6-5-7-16(17)14-19(12-4-2)13-15-9-10-15/h15-18H,3-14H2,1-2H3. The molecule has 0 aromatic heterocycles. The molecule has 2 nitrogen and oxygen atoms in total. The van der Waals surface area contributed by atoms with Crippen LogP contribution < -0.4 is 5.32 Å². The van der Waals surface area contributed by atoms with Gasteiger partial charge in [-0.05, 0) is 63.5 Å². The summed E-state index contributed by atoms with van der Waals surface area (Å²) in [5, 5.41) is 3.81. The number of hydrogen-bond acceptors (Lipinski definition) is 2. The smallest absolute Gasteiger partial charge is 0.0107 e. The summed E-state index contributed by atoms with van der Waals surface area (Å²) in [6, 6.07) is 0.798. The van der Waals surface area contributed by atoms with Gasteiger partial charge < -0.3 is 10.2 Å². The maximum Gasteiger partial charge on any atom is 0.0107 e. The van der Waals surface area contributed by atoms with Crippen molar-refractivity contribution in [1.29, 1.82) is 0 Å². The van der Waals surface area contributed by atoms with Crippen molar-refractivity contribution in [2.24, 2.45) is 11.8 Å². The summed E-state index contributed by atoms with van der Waals surface area (Å²) in [4.78, 5) is 2.77. The predicted octanol–water partition coefficient (Wildman–Crippen LogP) is 3.67. The van der Waals surface area contributed by atoms with Gasteiger partial charge in [0.25, 0.3) is 0 Å². The topological polar surface area (TPSA) is 15.3 Å². The van der Waals surface area contributed by atoms with E-state index < -0.39 is 0 Å². The highest BCUT2D eigenvalue weighted by Gasteiger charge is 2.29. The van der Waals surface area contributed by atoms with E-state index in [2.05, 4.69) is 24.1 Å². The number of rotatable bonds is 9. The van der Waals surface area contributed by atoms with Crippen molar-refractivity contribution in [2.75, 3.05) is 26.2 Å². The van der Waals surface area contributed by atoms with Crippen LogP contribution in [0.25, 0.3) is 0 Å². The van der Waals surface area contributed by atoms with E-state index in [9.17, 15) is 0 Å². The van der Waals surface area contributed by atoms with Crippen molar-refractivity contribution >= 4 is 0 Å². The van der Waals surface area contributed by atoms with Crippen molar-refractivity contribution in [3.05, 3.63) is 0 Å². The van der Waals surface area contributed by atoms with Crippen LogP contribution in [0.1, 0.15) is 65.2 Å². The molecule has 0 spiro atoms. The van der Waals surface area contributed by atoms with E-state index in [1.165, 1.54) is 77.5 Å². The van der Waals surface area contributed by atoms with Crippen molar-refractivity contribution in [3.8, 4) is 0 Å². The lowest BCUT2D eigenvalue weighted by Crippen LogP contribution is -2.45. The van der Waals surface area contributed by atoms with Gasteiger partial charge >= 0.3 is 0 Å². The van der Waals surface area contributed by atoms with Crippen LogP contribution in [0.2, 0.25) is 0 Å². The molecule has 0 heterocycles. The monoisotopic (exact) mass is 266 g/mol. The molecule has 2 rings (SSSR count). The summed E-state index contributed by atoms with van der Waals surface area (Å²) >= 11 is 0. The molecule has 0 radical (unpaired) electrons. The van der Waals surface area contributed by atoms with E-state index in [0.717, 1.165) is 17.9 Å². The lowest BCUT2D eigenvalue weighted by atomic mass is 9.84. The van der Waals surface area contributed by atoms with E-state index in [1.807, 2.05) is 0 Å². The minimum Gasteiger partial charge on any atom is -0.314 e. The Kier molecular flexibility index (Phi) is 6.66. The van der Waals surface area contributed by atoms with Gasteiger partial charge in [0.15, 0.2) is 0 Å². The van der Waals surface area contributed by atoms with Crippen LogP contribution in [0.5, 0.6) is 0 Å². The minimum atomic E-state index is 0.798. The van der Waals surface area contributed by atoms with Crippen LogP contribution in [-0.2, 0) is 0 Å². The summed E-state index contributed by atoms with van der Waals surface area (Å²) in [7, 11) is 0. The Morgan fingerprint density at radius 1 is 0.947 bits per heavy atom. The molecule has 0 bridgehead atoms. The zero-order chi connectivity index (χ0) is 13.5.